The van der Waals surface area contributed by atoms with E-state index >= 15 is 0 Å². The molecule has 0 aliphatic heterocycles. The first-order valence-corrected chi connectivity index (χ1v) is 11.6. The Morgan fingerprint density at radius 3 is 1.52 bits per heavy atom. The molecule has 4 heteroatoms. The molecule has 0 unspecified atom stereocenters. The van der Waals surface area contributed by atoms with Crippen LogP contribution in [0.3, 0.4) is 0 Å². The Labute approximate surface area is 171 Å². The first-order chi connectivity index (χ1) is 14.2. The van der Waals surface area contributed by atoms with E-state index in [1.807, 2.05) is 62.4 Å². The fourth-order valence-electron chi connectivity index (χ4n) is 4.03. The lowest BCUT2D eigenvalue weighted by Gasteiger charge is -2.29. The number of hydrogen-bond acceptors (Lipinski definition) is 3. The van der Waals surface area contributed by atoms with Crippen molar-refractivity contribution in [1.29, 1.82) is 0 Å². The van der Waals surface area contributed by atoms with E-state index in [0.717, 1.165) is 32.7 Å². The van der Waals surface area contributed by atoms with Crippen LogP contribution in [0.4, 0.5) is 0 Å². The molecular formula is C25H25O3P. The molecule has 0 aromatic heterocycles. The highest BCUT2D eigenvalue weighted by Crippen LogP contribution is 2.65. The lowest BCUT2D eigenvalue weighted by atomic mass is 9.94. The maximum absolute atomic E-state index is 14.2. The molecule has 0 saturated heterocycles. The number of fused-ring (bicyclic) bond motifs is 2. The lowest BCUT2D eigenvalue weighted by molar-refractivity contribution is 0.215. The smallest absolute Gasteiger partial charge is 0.308 e. The van der Waals surface area contributed by atoms with E-state index in [4.69, 9.17) is 9.05 Å². The molecule has 0 spiro atoms. The largest absolute Gasteiger partial charge is 0.342 e. The highest BCUT2D eigenvalue weighted by molar-refractivity contribution is 7.54. The van der Waals surface area contributed by atoms with E-state index in [9.17, 15) is 4.57 Å². The van der Waals surface area contributed by atoms with E-state index in [2.05, 4.69) is 36.4 Å². The van der Waals surface area contributed by atoms with Gasteiger partial charge in [0.2, 0.25) is 0 Å². The van der Waals surface area contributed by atoms with Crippen molar-refractivity contribution in [3.05, 3.63) is 96.1 Å². The van der Waals surface area contributed by atoms with Crippen LogP contribution in [0.5, 0.6) is 0 Å². The maximum Gasteiger partial charge on any atom is 0.342 e. The van der Waals surface area contributed by atoms with Crippen LogP contribution < -0.4 is 0 Å². The summed E-state index contributed by atoms with van der Waals surface area (Å²) in [4.78, 5) is 0. The Hall–Kier alpha value is -2.45. The summed E-state index contributed by atoms with van der Waals surface area (Å²) >= 11 is 0. The van der Waals surface area contributed by atoms with Crippen LogP contribution in [0, 0.1) is 0 Å². The molecule has 148 valence electrons. The molecule has 4 aromatic carbocycles. The molecular weight excluding hydrogens is 379 g/mol. The molecule has 0 bridgehead atoms. The summed E-state index contributed by atoms with van der Waals surface area (Å²) in [7, 11) is -3.48. The Morgan fingerprint density at radius 2 is 1.07 bits per heavy atom. The van der Waals surface area contributed by atoms with Gasteiger partial charge in [0.1, 0.15) is 5.66 Å². The summed E-state index contributed by atoms with van der Waals surface area (Å²) in [5.74, 6) is 0. The van der Waals surface area contributed by atoms with Gasteiger partial charge in [-0.2, -0.15) is 0 Å². The average Bonchev–Trinajstić information content (AvgIpc) is 2.74. The molecule has 0 saturated carbocycles. The third-order valence-electron chi connectivity index (χ3n) is 5.17. The zero-order valence-corrected chi connectivity index (χ0v) is 17.6. The topological polar surface area (TPSA) is 35.5 Å². The van der Waals surface area contributed by atoms with Crippen LogP contribution >= 0.6 is 7.60 Å². The van der Waals surface area contributed by atoms with E-state index in [1.165, 1.54) is 0 Å². The predicted molar refractivity (Wildman–Crippen MR) is 121 cm³/mol. The normalized spacial score (nSPS) is 12.1. The second-order valence-electron chi connectivity index (χ2n) is 6.91. The second kappa shape index (κ2) is 8.51. The molecule has 0 fully saturated rings. The van der Waals surface area contributed by atoms with Crippen molar-refractivity contribution in [2.45, 2.75) is 19.5 Å². The molecule has 4 aromatic rings. The average molecular weight is 404 g/mol. The van der Waals surface area contributed by atoms with Gasteiger partial charge in [0.25, 0.3) is 0 Å². The van der Waals surface area contributed by atoms with Crippen molar-refractivity contribution >= 4 is 29.1 Å². The van der Waals surface area contributed by atoms with Crippen LogP contribution in [0.1, 0.15) is 30.6 Å². The second-order valence-corrected chi connectivity index (χ2v) is 9.03. The van der Waals surface area contributed by atoms with Gasteiger partial charge in [-0.25, -0.2) is 0 Å². The van der Waals surface area contributed by atoms with Gasteiger partial charge in [-0.15, -0.1) is 0 Å². The Kier molecular flexibility index (Phi) is 5.82. The minimum atomic E-state index is -3.48. The van der Waals surface area contributed by atoms with Crippen LogP contribution in [0.15, 0.2) is 84.9 Å². The standard InChI is InChI=1S/C25H25O3P/c1-3-27-29(26,28-4-2)25(23-17-9-13-19-11-5-7-15-21(19)23)24-18-10-14-20-12-6-8-16-22(20)24/h5-18,25H,3-4H2,1-2H3. The quantitative estimate of drug-likeness (QED) is 0.302. The Bertz CT molecular complexity index is 1090. The van der Waals surface area contributed by atoms with Crippen molar-refractivity contribution < 1.29 is 13.6 Å². The predicted octanol–water partition coefficient (Wildman–Crippen LogP) is 7.35. The van der Waals surface area contributed by atoms with Crippen molar-refractivity contribution in [3.8, 4) is 0 Å². The third kappa shape index (κ3) is 3.74. The van der Waals surface area contributed by atoms with Gasteiger partial charge in [0, 0.05) is 0 Å². The zero-order valence-electron chi connectivity index (χ0n) is 16.7. The molecule has 0 amide bonds. The first-order valence-electron chi connectivity index (χ1n) is 10.0. The van der Waals surface area contributed by atoms with Gasteiger partial charge < -0.3 is 9.05 Å². The SMILES string of the molecule is CCOP(=O)(OCC)C(c1cccc2ccccc12)c1cccc2ccccc12. The summed E-state index contributed by atoms with van der Waals surface area (Å²) in [5, 5.41) is 4.34. The minimum Gasteiger partial charge on any atom is -0.308 e. The van der Waals surface area contributed by atoms with Crippen molar-refractivity contribution in [3.63, 3.8) is 0 Å². The fourth-order valence-corrected chi connectivity index (χ4v) is 6.26. The summed E-state index contributed by atoms with van der Waals surface area (Å²) in [6, 6.07) is 28.6. The zero-order chi connectivity index (χ0) is 20.3. The molecule has 0 atom stereocenters. The lowest BCUT2D eigenvalue weighted by Crippen LogP contribution is -2.09. The third-order valence-corrected chi connectivity index (χ3v) is 7.60. The minimum absolute atomic E-state index is 0.323. The van der Waals surface area contributed by atoms with Gasteiger partial charge in [0.05, 0.1) is 13.2 Å². The number of rotatable bonds is 7. The Balaban J connectivity index is 2.06. The van der Waals surface area contributed by atoms with Crippen molar-refractivity contribution in [2.75, 3.05) is 13.2 Å². The van der Waals surface area contributed by atoms with Crippen LogP contribution in [0.2, 0.25) is 0 Å². The number of hydrogen-bond donors (Lipinski definition) is 0. The molecule has 0 aliphatic rings. The highest BCUT2D eigenvalue weighted by Gasteiger charge is 2.39. The van der Waals surface area contributed by atoms with Crippen LogP contribution in [0.25, 0.3) is 21.5 Å². The van der Waals surface area contributed by atoms with E-state index in [0.29, 0.717) is 13.2 Å². The first kappa shape index (κ1) is 19.8. The van der Waals surface area contributed by atoms with Crippen LogP contribution in [-0.2, 0) is 13.6 Å². The molecule has 0 radical (unpaired) electrons. The summed E-state index contributed by atoms with van der Waals surface area (Å²) in [6.45, 7) is 4.36. The molecule has 0 heterocycles. The Morgan fingerprint density at radius 1 is 0.655 bits per heavy atom. The fraction of sp³-hybridized carbons (Fsp3) is 0.200. The highest BCUT2D eigenvalue weighted by atomic mass is 31.2. The molecule has 3 nitrogen and oxygen atoms in total. The maximum atomic E-state index is 14.2. The van der Waals surface area contributed by atoms with Gasteiger partial charge in [-0.1, -0.05) is 84.9 Å². The van der Waals surface area contributed by atoms with Crippen molar-refractivity contribution in [1.82, 2.24) is 0 Å². The molecule has 0 aliphatic carbocycles. The summed E-state index contributed by atoms with van der Waals surface area (Å²) in [6.07, 6.45) is 0. The van der Waals surface area contributed by atoms with E-state index in [-0.39, 0.29) is 0 Å². The molecule has 0 N–H and O–H groups in total. The van der Waals surface area contributed by atoms with Gasteiger partial charge >= 0.3 is 7.60 Å². The van der Waals surface area contributed by atoms with Gasteiger partial charge in [0.15, 0.2) is 0 Å². The molecule has 29 heavy (non-hydrogen) atoms. The van der Waals surface area contributed by atoms with E-state index in [1.54, 1.807) is 0 Å². The van der Waals surface area contributed by atoms with Crippen LogP contribution in [-0.4, -0.2) is 13.2 Å². The van der Waals surface area contributed by atoms with Gasteiger partial charge in [-0.05, 0) is 46.5 Å². The molecule has 4 rings (SSSR count). The summed E-state index contributed by atoms with van der Waals surface area (Å²) in [5.41, 5.74) is 1.41. The monoisotopic (exact) mass is 404 g/mol. The van der Waals surface area contributed by atoms with Gasteiger partial charge in [-0.3, -0.25) is 4.57 Å². The summed E-state index contributed by atoms with van der Waals surface area (Å²) < 4.78 is 25.9. The van der Waals surface area contributed by atoms with E-state index < -0.39 is 13.3 Å². The van der Waals surface area contributed by atoms with Crippen molar-refractivity contribution in [2.24, 2.45) is 0 Å². The number of benzene rings is 4.